The summed E-state index contributed by atoms with van der Waals surface area (Å²) in [7, 11) is 0. The molecule has 1 aromatic heterocycles. The van der Waals surface area contributed by atoms with Crippen LogP contribution in [-0.2, 0) is 4.79 Å². The maximum atomic E-state index is 12.0. The summed E-state index contributed by atoms with van der Waals surface area (Å²) in [5.41, 5.74) is 0.573. The van der Waals surface area contributed by atoms with E-state index < -0.39 is 0 Å². The quantitative estimate of drug-likeness (QED) is 0.840. The molecule has 0 spiro atoms. The van der Waals surface area contributed by atoms with Gasteiger partial charge >= 0.3 is 0 Å². The number of amides is 1. The van der Waals surface area contributed by atoms with Gasteiger partial charge in [-0.2, -0.15) is 0 Å². The smallest absolute Gasteiger partial charge is 0.238 e. The van der Waals surface area contributed by atoms with E-state index in [1.54, 1.807) is 18.3 Å². The number of piperazine rings is 1. The van der Waals surface area contributed by atoms with Crippen LogP contribution < -0.4 is 5.32 Å². The molecule has 0 aliphatic carbocycles. The zero-order valence-corrected chi connectivity index (χ0v) is 12.6. The van der Waals surface area contributed by atoms with Crippen LogP contribution in [0.5, 0.6) is 0 Å². The first-order valence-corrected chi connectivity index (χ1v) is 7.42. The van der Waals surface area contributed by atoms with Crippen molar-refractivity contribution in [2.45, 2.75) is 13.3 Å². The number of aromatic nitrogens is 1. The third-order valence-corrected chi connectivity index (χ3v) is 3.71. The normalized spacial score (nSPS) is 17.1. The number of pyridine rings is 1. The van der Waals surface area contributed by atoms with Crippen LogP contribution >= 0.6 is 11.6 Å². The van der Waals surface area contributed by atoms with E-state index in [2.05, 4.69) is 27.0 Å². The Morgan fingerprint density at radius 2 is 2.05 bits per heavy atom. The van der Waals surface area contributed by atoms with E-state index in [1.807, 2.05) is 0 Å². The first-order valence-electron chi connectivity index (χ1n) is 7.04. The van der Waals surface area contributed by atoms with Crippen molar-refractivity contribution < 1.29 is 4.79 Å². The predicted molar refractivity (Wildman–Crippen MR) is 81.0 cm³/mol. The summed E-state index contributed by atoms with van der Waals surface area (Å²) in [6.07, 6.45) is 2.78. The Kier molecular flexibility index (Phi) is 5.76. The standard InChI is InChI=1S/C14H21ClN4O/c1-2-6-18-7-9-19(10-8-18)11-13(20)17-12-4-3-5-16-14(12)15/h3-5H,2,6-11H2,1H3,(H,17,20). The Bertz CT molecular complexity index is 447. The average molecular weight is 297 g/mol. The summed E-state index contributed by atoms with van der Waals surface area (Å²) in [6, 6.07) is 3.51. The van der Waals surface area contributed by atoms with Crippen LogP contribution in [0.25, 0.3) is 0 Å². The van der Waals surface area contributed by atoms with Gasteiger partial charge in [0.2, 0.25) is 5.91 Å². The van der Waals surface area contributed by atoms with Gasteiger partial charge in [-0.1, -0.05) is 18.5 Å². The SMILES string of the molecule is CCCN1CCN(CC(=O)Nc2cccnc2Cl)CC1. The summed E-state index contributed by atoms with van der Waals surface area (Å²) in [5, 5.41) is 3.13. The van der Waals surface area contributed by atoms with Crippen molar-refractivity contribution in [3.63, 3.8) is 0 Å². The molecule has 1 saturated heterocycles. The summed E-state index contributed by atoms with van der Waals surface area (Å²) < 4.78 is 0. The van der Waals surface area contributed by atoms with Gasteiger partial charge in [0.1, 0.15) is 0 Å². The van der Waals surface area contributed by atoms with Crippen molar-refractivity contribution >= 4 is 23.2 Å². The third-order valence-electron chi connectivity index (χ3n) is 3.41. The van der Waals surface area contributed by atoms with Crippen LogP contribution in [-0.4, -0.2) is 60.0 Å². The van der Waals surface area contributed by atoms with Gasteiger partial charge in [-0.25, -0.2) is 4.98 Å². The highest BCUT2D eigenvalue weighted by molar-refractivity contribution is 6.32. The molecule has 1 aromatic rings. The van der Waals surface area contributed by atoms with Gasteiger partial charge in [0.25, 0.3) is 0 Å². The Labute approximate surface area is 124 Å². The molecule has 110 valence electrons. The van der Waals surface area contributed by atoms with Crippen molar-refractivity contribution in [2.24, 2.45) is 0 Å². The molecule has 1 aliphatic rings. The van der Waals surface area contributed by atoms with E-state index in [9.17, 15) is 4.79 Å². The minimum atomic E-state index is -0.0381. The van der Waals surface area contributed by atoms with Crippen LogP contribution in [0, 0.1) is 0 Å². The number of nitrogens with one attached hydrogen (secondary N) is 1. The van der Waals surface area contributed by atoms with Gasteiger partial charge < -0.3 is 10.2 Å². The second-order valence-electron chi connectivity index (χ2n) is 5.01. The molecule has 1 aliphatic heterocycles. The molecule has 5 nitrogen and oxygen atoms in total. The highest BCUT2D eigenvalue weighted by Gasteiger charge is 2.18. The minimum absolute atomic E-state index is 0.0381. The largest absolute Gasteiger partial charge is 0.322 e. The molecule has 20 heavy (non-hydrogen) atoms. The summed E-state index contributed by atoms with van der Waals surface area (Å²) in [4.78, 5) is 20.5. The number of carbonyl (C=O) groups excluding carboxylic acids is 1. The lowest BCUT2D eigenvalue weighted by atomic mass is 10.3. The molecule has 0 radical (unpaired) electrons. The van der Waals surface area contributed by atoms with E-state index >= 15 is 0 Å². The second-order valence-corrected chi connectivity index (χ2v) is 5.37. The zero-order chi connectivity index (χ0) is 14.4. The molecule has 0 saturated carbocycles. The number of hydrogen-bond acceptors (Lipinski definition) is 4. The number of nitrogens with zero attached hydrogens (tertiary/aromatic N) is 3. The van der Waals surface area contributed by atoms with Crippen LogP contribution in [0.4, 0.5) is 5.69 Å². The molecule has 0 atom stereocenters. The maximum absolute atomic E-state index is 12.0. The van der Waals surface area contributed by atoms with E-state index in [1.165, 1.54) is 6.42 Å². The molecule has 0 bridgehead atoms. The molecule has 1 amide bonds. The predicted octanol–water partition coefficient (Wildman–Crippen LogP) is 1.70. The second kappa shape index (κ2) is 7.57. The van der Waals surface area contributed by atoms with Crippen molar-refractivity contribution in [1.82, 2.24) is 14.8 Å². The fourth-order valence-electron chi connectivity index (χ4n) is 2.36. The molecule has 1 N–H and O–H groups in total. The van der Waals surface area contributed by atoms with Gasteiger partial charge in [0.15, 0.2) is 5.15 Å². The van der Waals surface area contributed by atoms with Crippen LogP contribution in [0.3, 0.4) is 0 Å². The molecule has 1 fully saturated rings. The van der Waals surface area contributed by atoms with Crippen LogP contribution in [0.15, 0.2) is 18.3 Å². The number of hydrogen-bond donors (Lipinski definition) is 1. The molecule has 2 heterocycles. The van der Waals surface area contributed by atoms with Gasteiger partial charge in [0.05, 0.1) is 12.2 Å². The lowest BCUT2D eigenvalue weighted by Gasteiger charge is -2.34. The Balaban J connectivity index is 1.77. The number of halogens is 1. The minimum Gasteiger partial charge on any atom is -0.322 e. The lowest BCUT2D eigenvalue weighted by molar-refractivity contribution is -0.117. The summed E-state index contributed by atoms with van der Waals surface area (Å²) >= 11 is 5.92. The van der Waals surface area contributed by atoms with Crippen LogP contribution in [0.2, 0.25) is 5.15 Å². The fraction of sp³-hybridized carbons (Fsp3) is 0.571. The number of rotatable bonds is 5. The van der Waals surface area contributed by atoms with E-state index in [-0.39, 0.29) is 5.91 Å². The molecule has 2 rings (SSSR count). The molecular weight excluding hydrogens is 276 g/mol. The van der Waals surface area contributed by atoms with Crippen LogP contribution in [0.1, 0.15) is 13.3 Å². The highest BCUT2D eigenvalue weighted by atomic mass is 35.5. The maximum Gasteiger partial charge on any atom is 0.238 e. The van der Waals surface area contributed by atoms with Crippen molar-refractivity contribution in [3.05, 3.63) is 23.5 Å². The topological polar surface area (TPSA) is 48.5 Å². The highest BCUT2D eigenvalue weighted by Crippen LogP contribution is 2.17. The molecule has 0 unspecified atom stereocenters. The van der Waals surface area contributed by atoms with Crippen molar-refractivity contribution in [1.29, 1.82) is 0 Å². The van der Waals surface area contributed by atoms with Gasteiger partial charge in [-0.05, 0) is 25.1 Å². The van der Waals surface area contributed by atoms with Crippen molar-refractivity contribution in [2.75, 3.05) is 44.6 Å². The summed E-state index contributed by atoms with van der Waals surface area (Å²) in [6.45, 7) is 7.69. The molecular formula is C14H21ClN4O. The molecule has 6 heteroatoms. The lowest BCUT2D eigenvalue weighted by Crippen LogP contribution is -2.48. The van der Waals surface area contributed by atoms with Crippen molar-refractivity contribution in [3.8, 4) is 0 Å². The van der Waals surface area contributed by atoms with E-state index in [0.29, 0.717) is 17.4 Å². The Morgan fingerprint density at radius 1 is 1.35 bits per heavy atom. The number of carbonyl (C=O) groups is 1. The fourth-order valence-corrected chi connectivity index (χ4v) is 2.53. The first-order chi connectivity index (χ1) is 9.69. The monoisotopic (exact) mass is 296 g/mol. The third kappa shape index (κ3) is 4.44. The van der Waals surface area contributed by atoms with Gasteiger partial charge in [-0.3, -0.25) is 9.69 Å². The molecule has 0 aromatic carbocycles. The number of anilines is 1. The average Bonchev–Trinajstić information content (AvgIpc) is 2.44. The summed E-state index contributed by atoms with van der Waals surface area (Å²) in [5.74, 6) is -0.0381. The van der Waals surface area contributed by atoms with E-state index in [0.717, 1.165) is 32.7 Å². The zero-order valence-electron chi connectivity index (χ0n) is 11.8. The van der Waals surface area contributed by atoms with Gasteiger partial charge in [0, 0.05) is 32.4 Å². The Hall–Kier alpha value is -1.17. The van der Waals surface area contributed by atoms with E-state index in [4.69, 9.17) is 11.6 Å². The van der Waals surface area contributed by atoms with Gasteiger partial charge in [-0.15, -0.1) is 0 Å². The first kappa shape index (κ1) is 15.2. The Morgan fingerprint density at radius 3 is 2.70 bits per heavy atom.